The minimum absolute atomic E-state index is 0.0839. The third-order valence-corrected chi connectivity index (χ3v) is 7.51. The molecule has 10 heteroatoms. The molecule has 0 bridgehead atoms. The molecule has 1 N–H and O–H groups in total. The number of ketones is 1. The largest absolute Gasteiger partial charge is 0.507 e. The number of amides is 1. The third-order valence-electron chi connectivity index (χ3n) is 6.37. The number of unbranched alkanes of at least 4 members (excludes halogenated alkanes) is 1. The Kier molecular flexibility index (Phi) is 9.21. The number of aryl methyl sites for hydroxylation is 1. The molecule has 1 fully saturated rings. The summed E-state index contributed by atoms with van der Waals surface area (Å²) in [6.07, 6.45) is 2.77. The lowest BCUT2D eigenvalue weighted by Gasteiger charge is -2.23. The Labute approximate surface area is 237 Å². The van der Waals surface area contributed by atoms with Crippen molar-refractivity contribution in [3.8, 4) is 11.5 Å². The lowest BCUT2D eigenvalue weighted by molar-refractivity contribution is -0.132. The summed E-state index contributed by atoms with van der Waals surface area (Å²) in [5.41, 5.74) is 1.21. The van der Waals surface area contributed by atoms with E-state index in [2.05, 4.69) is 11.9 Å². The molecule has 1 aliphatic heterocycles. The average Bonchev–Trinajstić information content (AvgIpc) is 3.48. The number of hydrogen-bond acceptors (Lipinski definition) is 9. The monoisotopic (exact) mass is 564 g/mol. The van der Waals surface area contributed by atoms with Crippen LogP contribution < -0.4 is 14.4 Å². The van der Waals surface area contributed by atoms with Crippen LogP contribution in [0.4, 0.5) is 5.13 Å². The first-order valence-corrected chi connectivity index (χ1v) is 13.9. The summed E-state index contributed by atoms with van der Waals surface area (Å²) in [7, 11) is 1.26. The van der Waals surface area contributed by atoms with Crippen molar-refractivity contribution in [2.45, 2.75) is 46.1 Å². The van der Waals surface area contributed by atoms with Crippen molar-refractivity contribution in [1.82, 2.24) is 4.98 Å². The lowest BCUT2D eigenvalue weighted by Crippen LogP contribution is -2.29. The second-order valence-corrected chi connectivity index (χ2v) is 10.2. The number of esters is 1. The van der Waals surface area contributed by atoms with Gasteiger partial charge in [0.2, 0.25) is 0 Å². The van der Waals surface area contributed by atoms with E-state index in [1.54, 1.807) is 55.5 Å². The molecular formula is C30H32N2O7S. The van der Waals surface area contributed by atoms with Gasteiger partial charge >= 0.3 is 11.9 Å². The Hall–Kier alpha value is -4.18. The fourth-order valence-electron chi connectivity index (χ4n) is 4.28. The van der Waals surface area contributed by atoms with E-state index in [-0.39, 0.29) is 21.3 Å². The van der Waals surface area contributed by atoms with Crippen molar-refractivity contribution in [3.05, 3.63) is 75.8 Å². The zero-order valence-corrected chi connectivity index (χ0v) is 23.7. The van der Waals surface area contributed by atoms with Crippen LogP contribution in [0.5, 0.6) is 11.5 Å². The summed E-state index contributed by atoms with van der Waals surface area (Å²) in [6, 6.07) is 12.7. The normalized spacial score (nSPS) is 16.3. The first kappa shape index (κ1) is 28.8. The predicted molar refractivity (Wildman–Crippen MR) is 152 cm³/mol. The van der Waals surface area contributed by atoms with Gasteiger partial charge in [0, 0.05) is 5.56 Å². The van der Waals surface area contributed by atoms with Crippen LogP contribution in [0.3, 0.4) is 0 Å². The van der Waals surface area contributed by atoms with Gasteiger partial charge in [-0.25, -0.2) is 9.78 Å². The van der Waals surface area contributed by atoms with E-state index in [0.29, 0.717) is 41.5 Å². The van der Waals surface area contributed by atoms with Gasteiger partial charge in [-0.15, -0.1) is 0 Å². The minimum Gasteiger partial charge on any atom is -0.507 e. The van der Waals surface area contributed by atoms with Crippen molar-refractivity contribution in [2.75, 3.05) is 25.2 Å². The van der Waals surface area contributed by atoms with Crippen LogP contribution in [0.25, 0.3) is 5.76 Å². The molecule has 1 aromatic heterocycles. The lowest BCUT2D eigenvalue weighted by atomic mass is 9.95. The van der Waals surface area contributed by atoms with Crippen LogP contribution in [0.15, 0.2) is 54.1 Å². The van der Waals surface area contributed by atoms with Gasteiger partial charge in [-0.2, -0.15) is 0 Å². The quantitative estimate of drug-likeness (QED) is 0.102. The van der Waals surface area contributed by atoms with Crippen molar-refractivity contribution < 1.29 is 33.7 Å². The number of ether oxygens (including phenoxy) is 3. The highest BCUT2D eigenvalue weighted by Gasteiger charge is 2.48. The molecule has 1 saturated heterocycles. The second kappa shape index (κ2) is 12.8. The summed E-state index contributed by atoms with van der Waals surface area (Å²) in [5, 5.41) is 11.5. The predicted octanol–water partition coefficient (Wildman–Crippen LogP) is 5.83. The van der Waals surface area contributed by atoms with E-state index >= 15 is 0 Å². The molecule has 0 spiro atoms. The molecule has 1 unspecified atom stereocenters. The zero-order chi connectivity index (χ0) is 28.8. The molecule has 210 valence electrons. The molecule has 1 amide bonds. The number of thiazole rings is 1. The summed E-state index contributed by atoms with van der Waals surface area (Å²) in [4.78, 5) is 45.0. The molecule has 0 aliphatic carbocycles. The smallest absolute Gasteiger partial charge is 0.350 e. The maximum absolute atomic E-state index is 13.4. The Morgan fingerprint density at radius 1 is 0.975 bits per heavy atom. The second-order valence-electron chi connectivity index (χ2n) is 9.22. The Morgan fingerprint density at radius 3 is 2.20 bits per heavy atom. The number of carbonyl (C=O) groups is 3. The minimum atomic E-state index is -0.989. The maximum Gasteiger partial charge on any atom is 0.350 e. The van der Waals surface area contributed by atoms with Crippen LogP contribution in [0, 0.1) is 6.92 Å². The highest BCUT2D eigenvalue weighted by atomic mass is 32.1. The number of hydrogen-bond donors (Lipinski definition) is 1. The first-order valence-electron chi connectivity index (χ1n) is 13.1. The van der Waals surface area contributed by atoms with E-state index in [1.807, 2.05) is 6.92 Å². The third kappa shape index (κ3) is 5.86. The number of aliphatic hydroxyl groups is 1. The van der Waals surface area contributed by atoms with Crippen molar-refractivity contribution >= 4 is 39.9 Å². The molecule has 2 aromatic carbocycles. The fraction of sp³-hybridized carbons (Fsp3) is 0.333. The molecule has 40 heavy (non-hydrogen) atoms. The molecule has 1 aliphatic rings. The van der Waals surface area contributed by atoms with E-state index < -0.39 is 23.7 Å². The van der Waals surface area contributed by atoms with Crippen LogP contribution in [0.1, 0.15) is 65.6 Å². The number of rotatable bonds is 11. The molecule has 3 aromatic rings. The number of methoxy groups -OCH3 is 1. The van der Waals surface area contributed by atoms with Crippen LogP contribution >= 0.6 is 11.3 Å². The molecule has 0 radical (unpaired) electrons. The van der Waals surface area contributed by atoms with Gasteiger partial charge in [0.05, 0.1) is 37.6 Å². The average molecular weight is 565 g/mol. The van der Waals surface area contributed by atoms with E-state index in [1.165, 1.54) is 12.0 Å². The van der Waals surface area contributed by atoms with E-state index in [0.717, 1.165) is 30.6 Å². The van der Waals surface area contributed by atoms with Crippen LogP contribution in [-0.4, -0.2) is 48.1 Å². The molecule has 2 heterocycles. The fourth-order valence-corrected chi connectivity index (χ4v) is 5.29. The number of carbonyl (C=O) groups excluding carboxylic acids is 3. The van der Waals surface area contributed by atoms with Gasteiger partial charge in [0.1, 0.15) is 22.1 Å². The zero-order valence-electron chi connectivity index (χ0n) is 22.9. The van der Waals surface area contributed by atoms with Crippen molar-refractivity contribution in [3.63, 3.8) is 0 Å². The molecule has 0 saturated carbocycles. The summed E-state index contributed by atoms with van der Waals surface area (Å²) in [5.74, 6) is -1.35. The Morgan fingerprint density at radius 2 is 1.60 bits per heavy atom. The van der Waals surface area contributed by atoms with Gasteiger partial charge in [-0.3, -0.25) is 14.5 Å². The van der Waals surface area contributed by atoms with Crippen LogP contribution in [0.2, 0.25) is 0 Å². The van der Waals surface area contributed by atoms with Crippen molar-refractivity contribution in [1.29, 1.82) is 0 Å². The van der Waals surface area contributed by atoms with Gasteiger partial charge < -0.3 is 19.3 Å². The summed E-state index contributed by atoms with van der Waals surface area (Å²) in [6.45, 7) is 6.83. The number of aromatic nitrogens is 1. The summed E-state index contributed by atoms with van der Waals surface area (Å²) >= 11 is 0.951. The van der Waals surface area contributed by atoms with Gasteiger partial charge in [0.25, 0.3) is 5.78 Å². The number of benzene rings is 2. The number of anilines is 1. The Bertz CT molecular complexity index is 1410. The van der Waals surface area contributed by atoms with E-state index in [9.17, 15) is 19.5 Å². The van der Waals surface area contributed by atoms with E-state index in [4.69, 9.17) is 14.2 Å². The van der Waals surface area contributed by atoms with Gasteiger partial charge in [-0.1, -0.05) is 43.7 Å². The maximum atomic E-state index is 13.4. The van der Waals surface area contributed by atoms with Crippen molar-refractivity contribution in [2.24, 2.45) is 0 Å². The number of nitrogens with zero attached hydrogens (tertiary/aromatic N) is 2. The Balaban J connectivity index is 1.80. The highest BCUT2D eigenvalue weighted by molar-refractivity contribution is 7.17. The highest BCUT2D eigenvalue weighted by Crippen LogP contribution is 2.44. The number of aliphatic hydroxyl groups excluding tert-OH is 1. The molecule has 9 nitrogen and oxygen atoms in total. The topological polar surface area (TPSA) is 115 Å². The van der Waals surface area contributed by atoms with Crippen LogP contribution in [-0.2, 0) is 14.3 Å². The standard InChI is InChI=1S/C30H32N2O7S/c1-5-7-17-39-22-14-10-20(11-15-22)25(33)23-24(19-8-12-21(13-9-19)38-16-6-2)32(28(35)26(23)34)30-31-18(3)27(40-30)29(36)37-4/h8-15,24,33H,5-7,16-17H2,1-4H3/b25-23-. The SMILES string of the molecule is CCCCOc1ccc(/C(O)=C2/C(=O)C(=O)N(c3nc(C)c(C(=O)OC)s3)C2c2ccc(OCCC)cc2)cc1. The van der Waals surface area contributed by atoms with Gasteiger partial charge in [-0.05, 0) is 61.7 Å². The summed E-state index contributed by atoms with van der Waals surface area (Å²) < 4.78 is 16.2. The van der Waals surface area contributed by atoms with Gasteiger partial charge in [0.15, 0.2) is 5.13 Å². The molecule has 4 rings (SSSR count). The first-order chi connectivity index (χ1) is 19.3. The molecular weight excluding hydrogens is 532 g/mol. The molecule has 1 atom stereocenters. The number of Topliss-reactive ketones (excluding diaryl/α,β-unsaturated/α-hetero) is 1.